The normalized spacial score (nSPS) is 11.0. The van der Waals surface area contributed by atoms with Gasteiger partial charge < -0.3 is 16.4 Å². The lowest BCUT2D eigenvalue weighted by Crippen LogP contribution is -2.09. The molecule has 0 bridgehead atoms. The molecule has 0 unspecified atom stereocenters. The number of hydrogen-bond acceptors (Lipinski definition) is 5. The second-order valence-electron chi connectivity index (χ2n) is 8.76. The molecule has 2 aromatic rings. The summed E-state index contributed by atoms with van der Waals surface area (Å²) < 4.78 is 0. The fourth-order valence-corrected chi connectivity index (χ4v) is 4.17. The van der Waals surface area contributed by atoms with Crippen molar-refractivity contribution in [3.05, 3.63) is 34.6 Å². The Labute approximate surface area is 210 Å². The van der Waals surface area contributed by atoms with Crippen LogP contribution in [0.2, 0.25) is 10.0 Å². The van der Waals surface area contributed by atoms with Gasteiger partial charge in [-0.05, 0) is 24.6 Å². The second kappa shape index (κ2) is 16.8. The first-order chi connectivity index (χ1) is 16.1. The Kier molecular flexibility index (Phi) is 14.0. The van der Waals surface area contributed by atoms with Crippen LogP contribution in [0.25, 0.3) is 0 Å². The van der Waals surface area contributed by atoms with Gasteiger partial charge in [-0.15, -0.1) is 0 Å². The summed E-state index contributed by atoms with van der Waals surface area (Å²) in [5.41, 5.74) is 7.52. The number of aromatic nitrogens is 2. The maximum absolute atomic E-state index is 6.25. The van der Waals surface area contributed by atoms with Gasteiger partial charge in [0.15, 0.2) is 11.6 Å². The Bertz CT molecular complexity index is 800. The zero-order chi connectivity index (χ0) is 23.7. The molecule has 184 valence electrons. The molecule has 5 nitrogen and oxygen atoms in total. The fourth-order valence-electron chi connectivity index (χ4n) is 3.87. The fraction of sp³-hybridized carbons (Fsp3) is 0.615. The van der Waals surface area contributed by atoms with Gasteiger partial charge in [0.2, 0.25) is 0 Å². The molecule has 0 spiro atoms. The molecule has 0 aliphatic rings. The van der Waals surface area contributed by atoms with Crippen molar-refractivity contribution in [2.24, 2.45) is 0 Å². The van der Waals surface area contributed by atoms with Crippen molar-refractivity contribution in [3.63, 3.8) is 0 Å². The Morgan fingerprint density at radius 3 is 1.85 bits per heavy atom. The van der Waals surface area contributed by atoms with E-state index in [-0.39, 0.29) is 0 Å². The van der Waals surface area contributed by atoms with E-state index in [4.69, 9.17) is 28.9 Å². The molecule has 1 aromatic carbocycles. The SMILES string of the molecule is CCCCCCCCCCCCCCCCNc1ncnc(Nc2ccc(Cl)c(Cl)c2)c1N. The van der Waals surface area contributed by atoms with Gasteiger partial charge in [0, 0.05) is 12.2 Å². The zero-order valence-corrected chi connectivity index (χ0v) is 21.7. The Morgan fingerprint density at radius 2 is 1.27 bits per heavy atom. The maximum Gasteiger partial charge on any atom is 0.159 e. The molecular weight excluding hydrogens is 453 g/mol. The Hall–Kier alpha value is -1.72. The van der Waals surface area contributed by atoms with Crippen LogP contribution >= 0.6 is 23.2 Å². The van der Waals surface area contributed by atoms with Gasteiger partial charge in [-0.3, -0.25) is 0 Å². The summed E-state index contributed by atoms with van der Waals surface area (Å²) in [5, 5.41) is 7.50. The number of nitrogens with two attached hydrogens (primary N) is 1. The van der Waals surface area contributed by atoms with Gasteiger partial charge in [-0.1, -0.05) is 114 Å². The van der Waals surface area contributed by atoms with Crippen molar-refractivity contribution in [1.82, 2.24) is 9.97 Å². The average molecular weight is 495 g/mol. The summed E-state index contributed by atoms with van der Waals surface area (Å²) in [6.45, 7) is 3.13. The number of unbranched alkanes of at least 4 members (excludes halogenated alkanes) is 13. The highest BCUT2D eigenvalue weighted by atomic mass is 35.5. The van der Waals surface area contributed by atoms with Crippen molar-refractivity contribution < 1.29 is 0 Å². The molecule has 1 heterocycles. The van der Waals surface area contributed by atoms with E-state index in [1.807, 2.05) is 6.07 Å². The number of hydrogen-bond donors (Lipinski definition) is 3. The summed E-state index contributed by atoms with van der Waals surface area (Å²) in [7, 11) is 0. The van der Waals surface area contributed by atoms with Crippen molar-refractivity contribution in [3.8, 4) is 0 Å². The van der Waals surface area contributed by atoms with E-state index in [1.54, 1.807) is 12.1 Å². The van der Waals surface area contributed by atoms with Crippen LogP contribution in [-0.2, 0) is 0 Å². The number of nitrogens with zero attached hydrogens (tertiary/aromatic N) is 2. The third kappa shape index (κ3) is 11.3. The number of anilines is 4. The average Bonchev–Trinajstić information content (AvgIpc) is 2.81. The number of nitrogen functional groups attached to an aromatic ring is 1. The lowest BCUT2D eigenvalue weighted by Gasteiger charge is -2.13. The quantitative estimate of drug-likeness (QED) is 0.180. The summed E-state index contributed by atoms with van der Waals surface area (Å²) in [6.07, 6.45) is 20.5. The van der Waals surface area contributed by atoms with Gasteiger partial charge in [-0.2, -0.15) is 0 Å². The topological polar surface area (TPSA) is 75.9 Å². The minimum atomic E-state index is 0.477. The molecule has 0 aliphatic carbocycles. The Balaban J connectivity index is 1.53. The molecule has 0 fully saturated rings. The molecule has 4 N–H and O–H groups in total. The van der Waals surface area contributed by atoms with Crippen LogP contribution in [0.1, 0.15) is 96.8 Å². The first-order valence-corrected chi connectivity index (χ1v) is 13.4. The molecule has 0 aliphatic heterocycles. The molecule has 0 radical (unpaired) electrons. The van der Waals surface area contributed by atoms with E-state index in [0.29, 0.717) is 27.4 Å². The first kappa shape index (κ1) is 27.5. The van der Waals surface area contributed by atoms with Crippen LogP contribution in [0.3, 0.4) is 0 Å². The van der Waals surface area contributed by atoms with Gasteiger partial charge in [0.25, 0.3) is 0 Å². The van der Waals surface area contributed by atoms with Crippen molar-refractivity contribution in [2.45, 2.75) is 96.8 Å². The van der Waals surface area contributed by atoms with E-state index >= 15 is 0 Å². The smallest absolute Gasteiger partial charge is 0.159 e. The number of nitrogens with one attached hydrogen (secondary N) is 2. The van der Waals surface area contributed by atoms with E-state index in [9.17, 15) is 0 Å². The molecule has 0 saturated heterocycles. The van der Waals surface area contributed by atoms with Crippen molar-refractivity contribution in [2.75, 3.05) is 22.9 Å². The van der Waals surface area contributed by atoms with Crippen LogP contribution in [0.15, 0.2) is 24.5 Å². The Morgan fingerprint density at radius 1 is 0.727 bits per heavy atom. The monoisotopic (exact) mass is 493 g/mol. The van der Waals surface area contributed by atoms with Gasteiger partial charge in [0.05, 0.1) is 10.0 Å². The molecule has 0 atom stereocenters. The van der Waals surface area contributed by atoms with E-state index < -0.39 is 0 Å². The minimum Gasteiger partial charge on any atom is -0.393 e. The molecule has 7 heteroatoms. The molecular formula is C26H41Cl2N5. The van der Waals surface area contributed by atoms with Crippen molar-refractivity contribution in [1.29, 1.82) is 0 Å². The minimum absolute atomic E-state index is 0.477. The van der Waals surface area contributed by atoms with Crippen LogP contribution in [0, 0.1) is 0 Å². The van der Waals surface area contributed by atoms with Crippen LogP contribution < -0.4 is 16.4 Å². The third-order valence-electron chi connectivity index (χ3n) is 5.89. The highest BCUT2D eigenvalue weighted by Crippen LogP contribution is 2.29. The van der Waals surface area contributed by atoms with Crippen molar-refractivity contribution >= 4 is 46.2 Å². The molecule has 33 heavy (non-hydrogen) atoms. The predicted molar refractivity (Wildman–Crippen MR) is 145 cm³/mol. The summed E-state index contributed by atoms with van der Waals surface area (Å²) in [5.74, 6) is 1.20. The second-order valence-corrected chi connectivity index (χ2v) is 9.58. The van der Waals surface area contributed by atoms with E-state index in [2.05, 4.69) is 27.5 Å². The maximum atomic E-state index is 6.25. The number of benzene rings is 1. The first-order valence-electron chi connectivity index (χ1n) is 12.7. The van der Waals surface area contributed by atoms with E-state index in [1.165, 1.54) is 89.8 Å². The van der Waals surface area contributed by atoms with Gasteiger partial charge in [0.1, 0.15) is 12.0 Å². The standard InChI is InChI=1S/C26H41Cl2N5/c1-2-3-4-5-6-7-8-9-10-11-12-13-14-15-18-30-25-24(29)26(32-20-31-25)33-21-16-17-22(27)23(28)19-21/h16-17,19-20H,2-15,18,29H2,1H3,(H2,30,31,32,33). The number of rotatable bonds is 18. The highest BCUT2D eigenvalue weighted by Gasteiger charge is 2.09. The highest BCUT2D eigenvalue weighted by molar-refractivity contribution is 6.42. The largest absolute Gasteiger partial charge is 0.393 e. The zero-order valence-electron chi connectivity index (χ0n) is 20.1. The predicted octanol–water partition coefficient (Wildman–Crippen LogP) is 9.00. The molecule has 0 amide bonds. The van der Waals surface area contributed by atoms with Gasteiger partial charge in [-0.25, -0.2) is 9.97 Å². The van der Waals surface area contributed by atoms with Crippen LogP contribution in [0.4, 0.5) is 23.0 Å². The lowest BCUT2D eigenvalue weighted by molar-refractivity contribution is 0.537. The summed E-state index contributed by atoms with van der Waals surface area (Å²) in [4.78, 5) is 8.53. The van der Waals surface area contributed by atoms with Crippen LogP contribution in [-0.4, -0.2) is 16.5 Å². The molecule has 0 saturated carbocycles. The molecule has 1 aromatic heterocycles. The van der Waals surface area contributed by atoms with Crippen LogP contribution in [0.5, 0.6) is 0 Å². The summed E-state index contributed by atoms with van der Waals surface area (Å²) in [6, 6.07) is 5.31. The van der Waals surface area contributed by atoms with Gasteiger partial charge >= 0.3 is 0 Å². The van der Waals surface area contributed by atoms with E-state index in [0.717, 1.165) is 18.7 Å². The lowest BCUT2D eigenvalue weighted by atomic mass is 10.0. The summed E-state index contributed by atoms with van der Waals surface area (Å²) >= 11 is 12.1. The molecule has 2 rings (SSSR count). The third-order valence-corrected chi connectivity index (χ3v) is 6.63. The number of halogens is 2.